The van der Waals surface area contributed by atoms with E-state index in [1.165, 1.54) is 0 Å². The van der Waals surface area contributed by atoms with Crippen molar-refractivity contribution in [2.75, 3.05) is 0 Å². The molecule has 1 radical (unpaired) electrons. The smallest absolute Gasteiger partial charge is 0.295 e. The molecule has 2 aromatic rings. The number of phenolic OH excluding ortho intramolecular Hbond substituents is 2. The molecule has 0 bridgehead atoms. The maximum Gasteiger partial charge on any atom is 0.295 e. The molecule has 11 heteroatoms. The molecule has 109 valence electrons. The van der Waals surface area contributed by atoms with E-state index < -0.39 is 41.5 Å². The fourth-order valence-corrected chi connectivity index (χ4v) is 3.54. The van der Waals surface area contributed by atoms with Crippen LogP contribution in [0.3, 0.4) is 0 Å². The average Bonchev–Trinajstić information content (AvgIpc) is 2.24. The first-order valence-corrected chi connectivity index (χ1v) is 7.83. The normalized spacial score (nSPS) is 12.1. The number of rotatable bonds is 2. The van der Waals surface area contributed by atoms with Gasteiger partial charge in [0.25, 0.3) is 20.2 Å². The molecule has 21 heavy (non-hydrogen) atoms. The fraction of sp³-hybridized carbons (Fsp3) is 0. The molecule has 4 N–H and O–H groups in total. The van der Waals surface area contributed by atoms with Crippen LogP contribution in [-0.2, 0) is 20.2 Å². The second-order valence-corrected chi connectivity index (χ2v) is 6.72. The van der Waals surface area contributed by atoms with Gasteiger partial charge >= 0.3 is 0 Å². The van der Waals surface area contributed by atoms with Gasteiger partial charge in [-0.1, -0.05) is 0 Å². The topological polar surface area (TPSA) is 149 Å². The number of fused-ring (bicyclic) bond motifs is 1. The maximum atomic E-state index is 11.2. The molecule has 0 fully saturated rings. The van der Waals surface area contributed by atoms with Gasteiger partial charge in [0.1, 0.15) is 21.3 Å². The van der Waals surface area contributed by atoms with Gasteiger partial charge in [0.15, 0.2) is 0 Å². The summed E-state index contributed by atoms with van der Waals surface area (Å²) in [6.07, 6.45) is 0. The van der Waals surface area contributed by atoms with E-state index in [-0.39, 0.29) is 62.2 Å². The molecule has 8 nitrogen and oxygen atoms in total. The average molecular weight is 359 g/mol. The van der Waals surface area contributed by atoms with Crippen LogP contribution in [0.1, 0.15) is 0 Å². The van der Waals surface area contributed by atoms with Crippen molar-refractivity contribution in [3.8, 4) is 11.5 Å². The van der Waals surface area contributed by atoms with E-state index in [2.05, 4.69) is 0 Å². The first-order valence-electron chi connectivity index (χ1n) is 4.95. The third-order valence-electron chi connectivity index (χ3n) is 2.54. The van der Waals surface area contributed by atoms with Crippen LogP contribution in [0.5, 0.6) is 11.5 Å². The third kappa shape index (κ3) is 3.94. The maximum absolute atomic E-state index is 11.2. The van der Waals surface area contributed by atoms with Crippen molar-refractivity contribution in [2.24, 2.45) is 0 Å². The van der Waals surface area contributed by atoms with Crippen LogP contribution >= 0.6 is 0 Å². The standard InChI is InChI=1S/C10H8O8S2.K/c11-6-1-5-2-9(19(13,14)15)10(20(16,17)18)4-7(5)8(12)3-6;/h1-4,11-12H,(H,13,14,15)(H,16,17,18);. The number of phenols is 2. The monoisotopic (exact) mass is 359 g/mol. The summed E-state index contributed by atoms with van der Waals surface area (Å²) in [6, 6.07) is 3.36. The Labute approximate surface area is 162 Å². The Morgan fingerprint density at radius 2 is 1.24 bits per heavy atom. The predicted octanol–water partition coefficient (Wildman–Crippen LogP) is 0.364. The third-order valence-corrected chi connectivity index (χ3v) is 4.45. The largest absolute Gasteiger partial charge is 0.508 e. The zero-order valence-electron chi connectivity index (χ0n) is 10.5. The summed E-state index contributed by atoms with van der Waals surface area (Å²) < 4.78 is 62.7. The predicted molar refractivity (Wildman–Crippen MR) is 72.7 cm³/mol. The van der Waals surface area contributed by atoms with E-state index in [9.17, 15) is 27.0 Å². The van der Waals surface area contributed by atoms with Gasteiger partial charge in [0.05, 0.1) is 0 Å². The zero-order chi connectivity index (χ0) is 15.3. The summed E-state index contributed by atoms with van der Waals surface area (Å²) in [5, 5.41) is 18.7. The molecule has 0 aliphatic heterocycles. The van der Waals surface area contributed by atoms with Gasteiger partial charge in [-0.05, 0) is 23.6 Å². The molecule has 0 saturated heterocycles. The molecular formula is C10H8KO8S2. The Morgan fingerprint density at radius 1 is 0.762 bits per heavy atom. The van der Waals surface area contributed by atoms with Gasteiger partial charge in [-0.3, -0.25) is 9.11 Å². The van der Waals surface area contributed by atoms with Crippen molar-refractivity contribution in [1.82, 2.24) is 0 Å². The molecule has 0 spiro atoms. The Bertz CT molecular complexity index is 918. The van der Waals surface area contributed by atoms with Crippen LogP contribution in [0.15, 0.2) is 34.1 Å². The molecule has 0 aliphatic carbocycles. The zero-order valence-corrected chi connectivity index (χ0v) is 15.3. The van der Waals surface area contributed by atoms with Crippen molar-refractivity contribution in [1.29, 1.82) is 0 Å². The molecule has 0 saturated carbocycles. The Hall–Kier alpha value is -0.244. The van der Waals surface area contributed by atoms with Crippen molar-refractivity contribution >= 4 is 82.4 Å². The second-order valence-electron chi connectivity index (χ2n) is 3.94. The Balaban J connectivity index is 0.00000220. The molecule has 0 atom stereocenters. The van der Waals surface area contributed by atoms with Gasteiger partial charge in [-0.25, -0.2) is 0 Å². The summed E-state index contributed by atoms with van der Waals surface area (Å²) in [5.41, 5.74) is 0. The van der Waals surface area contributed by atoms with Gasteiger partial charge < -0.3 is 10.2 Å². The van der Waals surface area contributed by atoms with E-state index in [1.54, 1.807) is 0 Å². The van der Waals surface area contributed by atoms with Crippen molar-refractivity contribution < 1.29 is 36.2 Å². The van der Waals surface area contributed by atoms with E-state index in [1.807, 2.05) is 0 Å². The number of benzene rings is 2. The minimum atomic E-state index is -4.95. The number of aromatic hydroxyl groups is 2. The van der Waals surface area contributed by atoms with Gasteiger partial charge in [0, 0.05) is 62.8 Å². The summed E-state index contributed by atoms with van der Waals surface area (Å²) in [7, 11) is -9.88. The molecule has 0 aliphatic rings. The Morgan fingerprint density at radius 3 is 1.71 bits per heavy atom. The minimum absolute atomic E-state index is 0. The molecule has 0 heterocycles. The molecule has 0 aromatic heterocycles. The van der Waals surface area contributed by atoms with Crippen LogP contribution in [-0.4, -0.2) is 87.5 Å². The quantitative estimate of drug-likeness (QED) is 0.443. The Kier molecular flexibility index (Phi) is 5.46. The molecule has 0 amide bonds. The SMILES string of the molecule is O=S(=O)(O)c1cc2cc(O)cc(O)c2cc1S(=O)(=O)O.[K]. The van der Waals surface area contributed by atoms with Crippen molar-refractivity contribution in [3.05, 3.63) is 24.3 Å². The molecule has 2 rings (SSSR count). The van der Waals surface area contributed by atoms with Gasteiger partial charge in [0.2, 0.25) is 0 Å². The van der Waals surface area contributed by atoms with E-state index in [4.69, 9.17) is 9.11 Å². The van der Waals surface area contributed by atoms with Crippen LogP contribution in [0, 0.1) is 0 Å². The van der Waals surface area contributed by atoms with Gasteiger partial charge in [-0.2, -0.15) is 16.8 Å². The molecule has 2 aromatic carbocycles. The van der Waals surface area contributed by atoms with Crippen LogP contribution < -0.4 is 0 Å². The molecule has 0 unspecified atom stereocenters. The second kappa shape index (κ2) is 6.10. The summed E-state index contributed by atoms with van der Waals surface area (Å²) in [5.74, 6) is -0.914. The first kappa shape index (κ1) is 18.8. The fourth-order valence-electron chi connectivity index (χ4n) is 1.74. The number of hydrogen-bond donors (Lipinski definition) is 4. The summed E-state index contributed by atoms with van der Waals surface area (Å²) in [4.78, 5) is -2.13. The van der Waals surface area contributed by atoms with Crippen LogP contribution in [0.2, 0.25) is 0 Å². The van der Waals surface area contributed by atoms with E-state index in [0.717, 1.165) is 12.1 Å². The van der Waals surface area contributed by atoms with Crippen molar-refractivity contribution in [3.63, 3.8) is 0 Å². The van der Waals surface area contributed by atoms with Crippen LogP contribution in [0.25, 0.3) is 10.8 Å². The van der Waals surface area contributed by atoms with Crippen LogP contribution in [0.4, 0.5) is 0 Å². The minimum Gasteiger partial charge on any atom is -0.508 e. The summed E-state index contributed by atoms with van der Waals surface area (Å²) >= 11 is 0. The molecular weight excluding hydrogens is 351 g/mol. The van der Waals surface area contributed by atoms with Gasteiger partial charge in [-0.15, -0.1) is 0 Å². The van der Waals surface area contributed by atoms with E-state index >= 15 is 0 Å². The summed E-state index contributed by atoms with van der Waals surface area (Å²) in [6.45, 7) is 0. The first-order chi connectivity index (χ1) is 9.00. The number of hydrogen-bond acceptors (Lipinski definition) is 6. The van der Waals surface area contributed by atoms with E-state index in [0.29, 0.717) is 12.1 Å². The van der Waals surface area contributed by atoms with Crippen molar-refractivity contribution in [2.45, 2.75) is 9.79 Å².